The molecule has 2 unspecified atom stereocenters. The fourth-order valence-electron chi connectivity index (χ4n) is 4.53. The molecule has 3 heterocycles. The molecule has 140 valence electrons. The molecular weight excluding hydrogens is 357 g/mol. The maximum absolute atomic E-state index is 6.06. The molecule has 3 saturated heterocycles. The van der Waals surface area contributed by atoms with E-state index in [1.165, 1.54) is 24.9 Å². The van der Waals surface area contributed by atoms with Gasteiger partial charge in [0, 0.05) is 42.8 Å². The summed E-state index contributed by atoms with van der Waals surface area (Å²) in [4.78, 5) is 5.45. The van der Waals surface area contributed by atoms with Crippen LogP contribution in [0.1, 0.15) is 18.4 Å². The van der Waals surface area contributed by atoms with Crippen LogP contribution >= 0.6 is 24.0 Å². The van der Waals surface area contributed by atoms with Crippen LogP contribution < -0.4 is 5.32 Å². The largest absolute Gasteiger partial charge is 0.378 e. The fraction of sp³-hybridized carbons (Fsp3) is 0.684. The van der Waals surface area contributed by atoms with E-state index in [2.05, 4.69) is 27.2 Å². The highest BCUT2D eigenvalue weighted by Crippen LogP contribution is 2.26. The standard InChI is InChI=1S/C19H28ClN3O.ClH/c20-16-3-1-15(2-4-16)11-18-12-22-9-10-24-14-19(22)13-23(18)17-5-7-21-8-6-17;/h1-4,17-19,21H,5-14H2;1H. The van der Waals surface area contributed by atoms with Crippen molar-refractivity contribution in [3.8, 4) is 0 Å². The van der Waals surface area contributed by atoms with Gasteiger partial charge in [-0.2, -0.15) is 0 Å². The summed E-state index contributed by atoms with van der Waals surface area (Å²) in [5.74, 6) is 0. The van der Waals surface area contributed by atoms with Crippen molar-refractivity contribution in [3.63, 3.8) is 0 Å². The van der Waals surface area contributed by atoms with Gasteiger partial charge in [-0.05, 0) is 50.0 Å². The lowest BCUT2D eigenvalue weighted by molar-refractivity contribution is -0.0771. The zero-order valence-corrected chi connectivity index (χ0v) is 16.3. The molecule has 0 radical (unpaired) electrons. The Hall–Kier alpha value is -0.360. The summed E-state index contributed by atoms with van der Waals surface area (Å²) in [6.45, 7) is 7.50. The van der Waals surface area contributed by atoms with E-state index in [4.69, 9.17) is 16.3 Å². The Kier molecular flexibility index (Phi) is 7.01. The number of piperidine rings is 1. The number of rotatable bonds is 3. The highest BCUT2D eigenvalue weighted by molar-refractivity contribution is 6.30. The lowest BCUT2D eigenvalue weighted by Gasteiger charge is -2.51. The number of halogens is 2. The molecule has 25 heavy (non-hydrogen) atoms. The van der Waals surface area contributed by atoms with E-state index < -0.39 is 0 Å². The number of hydrogen-bond donors (Lipinski definition) is 1. The summed E-state index contributed by atoms with van der Waals surface area (Å²) in [5, 5.41) is 4.33. The van der Waals surface area contributed by atoms with Gasteiger partial charge in [-0.25, -0.2) is 0 Å². The quantitative estimate of drug-likeness (QED) is 0.864. The molecule has 0 spiro atoms. The molecule has 4 rings (SSSR count). The normalized spacial score (nSPS) is 29.0. The SMILES string of the molecule is Cl.Clc1ccc(CC2CN3CCOCC3CN2C2CCNCC2)cc1. The van der Waals surface area contributed by atoms with E-state index in [-0.39, 0.29) is 12.4 Å². The number of nitrogens with one attached hydrogen (secondary N) is 1. The molecule has 0 saturated carbocycles. The number of fused-ring (bicyclic) bond motifs is 1. The van der Waals surface area contributed by atoms with E-state index >= 15 is 0 Å². The third-order valence-corrected chi connectivity index (χ3v) is 6.10. The highest BCUT2D eigenvalue weighted by atomic mass is 35.5. The summed E-state index contributed by atoms with van der Waals surface area (Å²) in [5.41, 5.74) is 1.40. The second-order valence-electron chi connectivity index (χ2n) is 7.39. The molecule has 0 aliphatic carbocycles. The van der Waals surface area contributed by atoms with Crippen molar-refractivity contribution in [1.29, 1.82) is 0 Å². The van der Waals surface area contributed by atoms with Gasteiger partial charge in [0.2, 0.25) is 0 Å². The van der Waals surface area contributed by atoms with Crippen LogP contribution in [0.4, 0.5) is 0 Å². The molecule has 0 amide bonds. The van der Waals surface area contributed by atoms with Crippen molar-refractivity contribution in [2.45, 2.75) is 37.4 Å². The Bertz CT molecular complexity index is 536. The molecule has 0 aromatic heterocycles. The van der Waals surface area contributed by atoms with Crippen molar-refractivity contribution in [1.82, 2.24) is 15.1 Å². The van der Waals surface area contributed by atoms with Crippen LogP contribution in [-0.4, -0.2) is 73.9 Å². The van der Waals surface area contributed by atoms with Gasteiger partial charge in [-0.3, -0.25) is 9.80 Å². The second kappa shape index (κ2) is 9.03. The third kappa shape index (κ3) is 4.68. The Morgan fingerprint density at radius 1 is 1.08 bits per heavy atom. The number of benzene rings is 1. The summed E-state index contributed by atoms with van der Waals surface area (Å²) in [6, 6.07) is 10.3. The predicted molar refractivity (Wildman–Crippen MR) is 105 cm³/mol. The van der Waals surface area contributed by atoms with E-state index in [1.807, 2.05) is 12.1 Å². The Balaban J connectivity index is 0.00000182. The molecule has 0 bridgehead atoms. The van der Waals surface area contributed by atoms with Crippen molar-refractivity contribution in [2.75, 3.05) is 45.9 Å². The van der Waals surface area contributed by atoms with E-state index in [0.717, 1.165) is 50.8 Å². The van der Waals surface area contributed by atoms with Crippen LogP contribution in [0.5, 0.6) is 0 Å². The maximum atomic E-state index is 6.06. The molecule has 1 aromatic rings. The van der Waals surface area contributed by atoms with Gasteiger partial charge in [0.05, 0.1) is 13.2 Å². The minimum atomic E-state index is 0. The molecule has 4 nitrogen and oxygen atoms in total. The summed E-state index contributed by atoms with van der Waals surface area (Å²) >= 11 is 6.06. The molecule has 6 heteroatoms. The molecule has 3 aliphatic rings. The van der Waals surface area contributed by atoms with Gasteiger partial charge in [-0.1, -0.05) is 23.7 Å². The van der Waals surface area contributed by atoms with Crippen LogP contribution in [0.25, 0.3) is 0 Å². The van der Waals surface area contributed by atoms with Gasteiger partial charge < -0.3 is 10.1 Å². The second-order valence-corrected chi connectivity index (χ2v) is 7.82. The van der Waals surface area contributed by atoms with Crippen molar-refractivity contribution < 1.29 is 4.74 Å². The first kappa shape index (κ1) is 19.4. The number of morpholine rings is 1. The molecule has 3 aliphatic heterocycles. The van der Waals surface area contributed by atoms with Crippen LogP contribution in [0.15, 0.2) is 24.3 Å². The van der Waals surface area contributed by atoms with E-state index in [1.54, 1.807) is 0 Å². The minimum absolute atomic E-state index is 0. The Labute approximate surface area is 162 Å². The number of ether oxygens (including phenoxy) is 1. The van der Waals surface area contributed by atoms with Crippen molar-refractivity contribution in [3.05, 3.63) is 34.9 Å². The van der Waals surface area contributed by atoms with Crippen molar-refractivity contribution >= 4 is 24.0 Å². The lowest BCUT2D eigenvalue weighted by atomic mass is 9.94. The van der Waals surface area contributed by atoms with Crippen LogP contribution in [0.2, 0.25) is 5.02 Å². The maximum Gasteiger partial charge on any atom is 0.0634 e. The number of nitrogens with zero attached hydrogens (tertiary/aromatic N) is 2. The van der Waals surface area contributed by atoms with Gasteiger partial charge in [0.15, 0.2) is 0 Å². The van der Waals surface area contributed by atoms with E-state index in [9.17, 15) is 0 Å². The molecule has 1 N–H and O–H groups in total. The predicted octanol–water partition coefficient (Wildman–Crippen LogP) is 2.44. The van der Waals surface area contributed by atoms with Gasteiger partial charge in [0.25, 0.3) is 0 Å². The minimum Gasteiger partial charge on any atom is -0.378 e. The number of piperazine rings is 1. The van der Waals surface area contributed by atoms with Gasteiger partial charge >= 0.3 is 0 Å². The van der Waals surface area contributed by atoms with Crippen LogP contribution in [0, 0.1) is 0 Å². The first-order chi connectivity index (χ1) is 11.8. The average Bonchev–Trinajstić information content (AvgIpc) is 2.64. The zero-order chi connectivity index (χ0) is 16.4. The fourth-order valence-corrected chi connectivity index (χ4v) is 4.65. The Morgan fingerprint density at radius 3 is 2.60 bits per heavy atom. The van der Waals surface area contributed by atoms with Crippen molar-refractivity contribution in [2.24, 2.45) is 0 Å². The highest BCUT2D eigenvalue weighted by Gasteiger charge is 2.38. The third-order valence-electron chi connectivity index (χ3n) is 5.85. The molecule has 1 aromatic carbocycles. The van der Waals surface area contributed by atoms with Gasteiger partial charge in [-0.15, -0.1) is 12.4 Å². The first-order valence-corrected chi connectivity index (χ1v) is 9.70. The van der Waals surface area contributed by atoms with Crippen LogP contribution in [0.3, 0.4) is 0 Å². The average molecular weight is 386 g/mol. The monoisotopic (exact) mass is 385 g/mol. The van der Waals surface area contributed by atoms with Crippen LogP contribution in [-0.2, 0) is 11.2 Å². The Morgan fingerprint density at radius 2 is 1.84 bits per heavy atom. The topological polar surface area (TPSA) is 27.7 Å². The summed E-state index contributed by atoms with van der Waals surface area (Å²) in [7, 11) is 0. The molecular formula is C19H29Cl2N3O. The summed E-state index contributed by atoms with van der Waals surface area (Å²) < 4.78 is 5.75. The van der Waals surface area contributed by atoms with Gasteiger partial charge in [0.1, 0.15) is 0 Å². The summed E-state index contributed by atoms with van der Waals surface area (Å²) in [6.07, 6.45) is 3.65. The molecule has 2 atom stereocenters. The smallest absolute Gasteiger partial charge is 0.0634 e. The number of hydrogen-bond acceptors (Lipinski definition) is 4. The first-order valence-electron chi connectivity index (χ1n) is 9.32. The lowest BCUT2D eigenvalue weighted by Crippen LogP contribution is -2.65. The van der Waals surface area contributed by atoms with E-state index in [0.29, 0.717) is 18.1 Å². The zero-order valence-electron chi connectivity index (χ0n) is 14.7. The molecule has 3 fully saturated rings.